The van der Waals surface area contributed by atoms with Crippen molar-refractivity contribution in [1.82, 2.24) is 0 Å². The zero-order valence-corrected chi connectivity index (χ0v) is 12.1. The van der Waals surface area contributed by atoms with Crippen molar-refractivity contribution < 1.29 is 24.5 Å². The molecule has 0 spiro atoms. The first-order chi connectivity index (χ1) is 10.4. The molecule has 6 N–H and O–H groups in total. The van der Waals surface area contributed by atoms with E-state index in [2.05, 4.69) is 4.74 Å². The predicted octanol–water partition coefficient (Wildman–Crippen LogP) is 0.637. The molecule has 0 fully saturated rings. The quantitative estimate of drug-likeness (QED) is 0.191. The second-order valence-electron chi connectivity index (χ2n) is 4.71. The number of nitrogens with two attached hydrogens (primary N) is 2. The Kier molecular flexibility index (Phi) is 7.07. The number of benzene rings is 1. The maximum Gasteiger partial charge on any atom is 0.338 e. The number of phenolic OH excluding ortho intramolecular Hbond substituents is 2. The van der Waals surface area contributed by atoms with Gasteiger partial charge < -0.3 is 26.4 Å². The molecule has 0 amide bonds. The summed E-state index contributed by atoms with van der Waals surface area (Å²) in [4.78, 5) is 23.0. The molecule has 0 saturated heterocycles. The minimum Gasteiger partial charge on any atom is -0.504 e. The summed E-state index contributed by atoms with van der Waals surface area (Å²) in [5.41, 5.74) is 11.4. The molecule has 7 nitrogen and oxygen atoms in total. The number of carbonyl (C=O) groups is 2. The maximum absolute atomic E-state index is 11.6. The first-order valence-electron chi connectivity index (χ1n) is 6.85. The van der Waals surface area contributed by atoms with Crippen LogP contribution >= 0.6 is 0 Å². The predicted molar refractivity (Wildman–Crippen MR) is 80.8 cm³/mol. The van der Waals surface area contributed by atoms with Crippen molar-refractivity contribution >= 4 is 18.0 Å². The third kappa shape index (κ3) is 5.94. The topological polar surface area (TPSA) is 136 Å². The van der Waals surface area contributed by atoms with Gasteiger partial charge in [-0.05, 0) is 43.2 Å². The van der Waals surface area contributed by atoms with Gasteiger partial charge in [0.25, 0.3) is 0 Å². The Hall–Kier alpha value is -2.38. The average molecular weight is 308 g/mol. The fourth-order valence-electron chi connectivity index (χ4n) is 1.64. The zero-order chi connectivity index (χ0) is 16.5. The Morgan fingerprint density at radius 3 is 2.59 bits per heavy atom. The lowest BCUT2D eigenvalue weighted by atomic mass is 10.1. The third-order valence-corrected chi connectivity index (χ3v) is 2.88. The Morgan fingerprint density at radius 2 is 1.95 bits per heavy atom. The van der Waals surface area contributed by atoms with Crippen LogP contribution in [-0.2, 0) is 14.3 Å². The van der Waals surface area contributed by atoms with Gasteiger partial charge in [0, 0.05) is 6.08 Å². The van der Waals surface area contributed by atoms with Crippen LogP contribution in [0.25, 0.3) is 6.08 Å². The van der Waals surface area contributed by atoms with Crippen LogP contribution in [0, 0.1) is 0 Å². The van der Waals surface area contributed by atoms with E-state index in [0.717, 1.165) is 12.5 Å². The summed E-state index contributed by atoms with van der Waals surface area (Å²) in [6.07, 6.45) is 4.21. The van der Waals surface area contributed by atoms with E-state index in [-0.39, 0.29) is 11.5 Å². The summed E-state index contributed by atoms with van der Waals surface area (Å²) in [5.74, 6) is -2.22. The van der Waals surface area contributed by atoms with Gasteiger partial charge in [-0.15, -0.1) is 0 Å². The molecule has 22 heavy (non-hydrogen) atoms. The Bertz CT molecular complexity index is 557. The van der Waals surface area contributed by atoms with Crippen LogP contribution in [0.2, 0.25) is 0 Å². The smallest absolute Gasteiger partial charge is 0.338 e. The van der Waals surface area contributed by atoms with Gasteiger partial charge in [0.2, 0.25) is 0 Å². The van der Waals surface area contributed by atoms with E-state index in [1.807, 2.05) is 0 Å². The van der Waals surface area contributed by atoms with Gasteiger partial charge in [0.1, 0.15) is 6.04 Å². The Labute approximate surface area is 128 Å². The molecule has 0 radical (unpaired) electrons. The summed E-state index contributed by atoms with van der Waals surface area (Å²) in [6, 6.07) is 3.17. The zero-order valence-electron chi connectivity index (χ0n) is 12.1. The average Bonchev–Trinajstić information content (AvgIpc) is 2.48. The second-order valence-corrected chi connectivity index (χ2v) is 4.71. The molecule has 0 heterocycles. The summed E-state index contributed by atoms with van der Waals surface area (Å²) in [6.45, 7) is 0.517. The lowest BCUT2D eigenvalue weighted by Crippen LogP contribution is -2.33. The van der Waals surface area contributed by atoms with E-state index in [1.165, 1.54) is 24.3 Å². The highest BCUT2D eigenvalue weighted by atomic mass is 16.6. The molecule has 0 saturated carbocycles. The summed E-state index contributed by atoms with van der Waals surface area (Å²) in [5, 5.41) is 18.5. The van der Waals surface area contributed by atoms with E-state index in [4.69, 9.17) is 16.6 Å². The maximum atomic E-state index is 11.6. The lowest BCUT2D eigenvalue weighted by Gasteiger charge is -2.08. The molecular weight excluding hydrogens is 288 g/mol. The van der Waals surface area contributed by atoms with Crippen molar-refractivity contribution in [3.05, 3.63) is 29.8 Å². The van der Waals surface area contributed by atoms with E-state index in [0.29, 0.717) is 24.9 Å². The van der Waals surface area contributed by atoms with Crippen LogP contribution in [0.1, 0.15) is 24.8 Å². The number of carbonyl (C=O) groups excluding carboxylic acids is 2. The number of phenols is 2. The molecule has 0 unspecified atom stereocenters. The number of hydrogen-bond donors (Lipinski definition) is 4. The van der Waals surface area contributed by atoms with Gasteiger partial charge in [-0.25, -0.2) is 9.59 Å². The van der Waals surface area contributed by atoms with E-state index in [9.17, 15) is 14.7 Å². The van der Waals surface area contributed by atoms with Crippen molar-refractivity contribution in [1.29, 1.82) is 0 Å². The van der Waals surface area contributed by atoms with E-state index >= 15 is 0 Å². The SMILES string of the molecule is NCCCC[C@H](N)C(=O)OC(=O)/C=C/c1ccc(O)c(O)c1. The molecule has 0 aliphatic heterocycles. The monoisotopic (exact) mass is 308 g/mol. The number of rotatable bonds is 7. The van der Waals surface area contributed by atoms with Crippen LogP contribution in [-0.4, -0.2) is 34.7 Å². The molecule has 1 aromatic carbocycles. The minimum atomic E-state index is -0.860. The van der Waals surface area contributed by atoms with Crippen LogP contribution in [0.3, 0.4) is 0 Å². The molecule has 120 valence electrons. The molecule has 0 aromatic heterocycles. The lowest BCUT2D eigenvalue weighted by molar-refractivity contribution is -0.157. The van der Waals surface area contributed by atoms with Crippen molar-refractivity contribution in [3.63, 3.8) is 0 Å². The summed E-state index contributed by atoms with van der Waals surface area (Å²) in [7, 11) is 0. The number of hydrogen-bond acceptors (Lipinski definition) is 7. The number of aromatic hydroxyl groups is 2. The highest BCUT2D eigenvalue weighted by Crippen LogP contribution is 2.25. The van der Waals surface area contributed by atoms with Gasteiger partial charge in [0.15, 0.2) is 11.5 Å². The summed E-state index contributed by atoms with van der Waals surface area (Å²) >= 11 is 0. The Balaban J connectivity index is 2.49. The van der Waals surface area contributed by atoms with Gasteiger partial charge in [-0.3, -0.25) is 0 Å². The minimum absolute atomic E-state index is 0.265. The molecular formula is C15H20N2O5. The normalized spacial score (nSPS) is 12.3. The number of ether oxygens (including phenoxy) is 1. The second kappa shape index (κ2) is 8.81. The van der Waals surface area contributed by atoms with Crippen LogP contribution in [0.4, 0.5) is 0 Å². The Morgan fingerprint density at radius 1 is 1.23 bits per heavy atom. The first kappa shape index (κ1) is 17.7. The van der Waals surface area contributed by atoms with Gasteiger partial charge in [-0.1, -0.05) is 12.5 Å². The largest absolute Gasteiger partial charge is 0.504 e. The molecule has 0 aliphatic rings. The van der Waals surface area contributed by atoms with Gasteiger partial charge in [-0.2, -0.15) is 0 Å². The fraction of sp³-hybridized carbons (Fsp3) is 0.333. The van der Waals surface area contributed by atoms with Crippen molar-refractivity contribution in [2.24, 2.45) is 11.5 Å². The van der Waals surface area contributed by atoms with Crippen LogP contribution < -0.4 is 11.5 Å². The highest BCUT2D eigenvalue weighted by molar-refractivity contribution is 5.96. The summed E-state index contributed by atoms with van der Waals surface area (Å²) < 4.78 is 4.59. The number of unbranched alkanes of at least 4 members (excludes halogenated alkanes) is 1. The molecule has 1 aromatic rings. The van der Waals surface area contributed by atoms with Crippen LogP contribution in [0.5, 0.6) is 11.5 Å². The molecule has 1 atom stereocenters. The van der Waals surface area contributed by atoms with Crippen molar-refractivity contribution in [2.75, 3.05) is 6.54 Å². The molecule has 7 heteroatoms. The highest BCUT2D eigenvalue weighted by Gasteiger charge is 2.17. The fourth-order valence-corrected chi connectivity index (χ4v) is 1.64. The standard InChI is InChI=1S/C15H20N2O5/c16-8-2-1-3-11(17)15(21)22-14(20)7-5-10-4-6-12(18)13(19)9-10/h4-7,9,11,18-19H,1-3,8,16-17H2/b7-5+/t11-/m0/s1. The van der Waals surface area contributed by atoms with Crippen LogP contribution in [0.15, 0.2) is 24.3 Å². The van der Waals surface area contributed by atoms with Gasteiger partial charge in [0.05, 0.1) is 0 Å². The number of esters is 2. The molecule has 1 rings (SSSR count). The van der Waals surface area contributed by atoms with Crippen molar-refractivity contribution in [3.8, 4) is 11.5 Å². The van der Waals surface area contributed by atoms with Crippen molar-refractivity contribution in [2.45, 2.75) is 25.3 Å². The van der Waals surface area contributed by atoms with Gasteiger partial charge >= 0.3 is 11.9 Å². The first-order valence-corrected chi connectivity index (χ1v) is 6.85. The molecule has 0 bridgehead atoms. The molecule has 0 aliphatic carbocycles. The van der Waals surface area contributed by atoms with E-state index < -0.39 is 18.0 Å². The third-order valence-electron chi connectivity index (χ3n) is 2.88. The van der Waals surface area contributed by atoms with E-state index in [1.54, 1.807) is 0 Å².